The van der Waals surface area contributed by atoms with Crippen LogP contribution in [0.3, 0.4) is 0 Å². The molecule has 1 aromatic carbocycles. The summed E-state index contributed by atoms with van der Waals surface area (Å²) in [6.07, 6.45) is 6.97. The van der Waals surface area contributed by atoms with Crippen LogP contribution in [0.25, 0.3) is 6.08 Å². The van der Waals surface area contributed by atoms with Gasteiger partial charge in [-0.3, -0.25) is 0 Å². The highest BCUT2D eigenvalue weighted by molar-refractivity contribution is 5.56. The van der Waals surface area contributed by atoms with Crippen molar-refractivity contribution in [2.45, 2.75) is 38.8 Å². The highest BCUT2D eigenvalue weighted by Gasteiger charge is 2.21. The van der Waals surface area contributed by atoms with Crippen molar-refractivity contribution < 1.29 is 4.74 Å². The number of hydrogen-bond donors (Lipinski definition) is 1. The number of hydrogen-bond acceptors (Lipinski definition) is 2. The summed E-state index contributed by atoms with van der Waals surface area (Å²) in [6.45, 7) is 5.06. The fraction of sp³-hybridized carbons (Fsp3) is 0.467. The minimum absolute atomic E-state index is 0.210. The molecule has 1 aromatic rings. The molecule has 0 amide bonds. The Balaban J connectivity index is 1.91. The third-order valence-corrected chi connectivity index (χ3v) is 2.86. The molecule has 0 aliphatic heterocycles. The van der Waals surface area contributed by atoms with Crippen molar-refractivity contribution in [2.75, 3.05) is 6.54 Å². The van der Waals surface area contributed by atoms with E-state index in [0.717, 1.165) is 23.9 Å². The molecular weight excluding hydrogens is 210 g/mol. The first-order chi connectivity index (χ1) is 8.29. The molecule has 0 radical (unpaired) electrons. The van der Waals surface area contributed by atoms with E-state index in [1.54, 1.807) is 0 Å². The first-order valence-corrected chi connectivity index (χ1v) is 6.41. The van der Waals surface area contributed by atoms with E-state index in [2.05, 4.69) is 24.4 Å². The molecular formula is C15H21NO. The van der Waals surface area contributed by atoms with Crippen molar-refractivity contribution >= 4 is 6.08 Å². The second kappa shape index (κ2) is 5.87. The van der Waals surface area contributed by atoms with Gasteiger partial charge < -0.3 is 10.1 Å². The SMILES string of the molecule is CC=Cc1ccccc1OC(C)CNC1CC1. The zero-order chi connectivity index (χ0) is 12.1. The molecule has 1 unspecified atom stereocenters. The van der Waals surface area contributed by atoms with Crippen molar-refractivity contribution in [1.29, 1.82) is 0 Å². The number of para-hydroxylation sites is 1. The van der Waals surface area contributed by atoms with Crippen LogP contribution in [-0.4, -0.2) is 18.7 Å². The van der Waals surface area contributed by atoms with Crippen LogP contribution in [0.4, 0.5) is 0 Å². The molecule has 0 saturated heterocycles. The summed E-state index contributed by atoms with van der Waals surface area (Å²) in [7, 11) is 0. The maximum atomic E-state index is 5.96. The summed E-state index contributed by atoms with van der Waals surface area (Å²) >= 11 is 0. The van der Waals surface area contributed by atoms with Crippen LogP contribution in [0, 0.1) is 0 Å². The Morgan fingerprint density at radius 2 is 2.18 bits per heavy atom. The number of benzene rings is 1. The molecule has 1 fully saturated rings. The molecule has 0 aromatic heterocycles. The molecule has 1 aliphatic rings. The molecule has 2 nitrogen and oxygen atoms in total. The third kappa shape index (κ3) is 3.90. The first kappa shape index (κ1) is 12.2. The molecule has 0 heterocycles. The smallest absolute Gasteiger partial charge is 0.126 e. The zero-order valence-electron chi connectivity index (χ0n) is 10.6. The number of ether oxygens (including phenoxy) is 1. The lowest BCUT2D eigenvalue weighted by Gasteiger charge is -2.17. The molecule has 2 rings (SSSR count). The molecule has 1 N–H and O–H groups in total. The molecule has 0 spiro atoms. The van der Waals surface area contributed by atoms with Gasteiger partial charge in [-0.2, -0.15) is 0 Å². The van der Waals surface area contributed by atoms with Gasteiger partial charge in [-0.15, -0.1) is 0 Å². The predicted molar refractivity (Wildman–Crippen MR) is 72.3 cm³/mol. The average Bonchev–Trinajstić information content (AvgIpc) is 3.13. The molecule has 0 bridgehead atoms. The monoisotopic (exact) mass is 231 g/mol. The predicted octanol–water partition coefficient (Wildman–Crippen LogP) is 3.24. The van der Waals surface area contributed by atoms with Gasteiger partial charge in [-0.1, -0.05) is 30.4 Å². The van der Waals surface area contributed by atoms with Crippen molar-refractivity contribution in [3.05, 3.63) is 35.9 Å². The zero-order valence-corrected chi connectivity index (χ0v) is 10.6. The van der Waals surface area contributed by atoms with Gasteiger partial charge in [0.15, 0.2) is 0 Å². The average molecular weight is 231 g/mol. The van der Waals surface area contributed by atoms with Crippen LogP contribution in [0.15, 0.2) is 30.3 Å². The number of nitrogens with one attached hydrogen (secondary N) is 1. The standard InChI is InChI=1S/C15H21NO/c1-3-6-13-7-4-5-8-15(13)17-12(2)11-16-14-9-10-14/h3-8,12,14,16H,9-11H2,1-2H3. The van der Waals surface area contributed by atoms with Crippen LogP contribution >= 0.6 is 0 Å². The highest BCUT2D eigenvalue weighted by atomic mass is 16.5. The van der Waals surface area contributed by atoms with Gasteiger partial charge in [0.25, 0.3) is 0 Å². The lowest BCUT2D eigenvalue weighted by atomic mass is 10.2. The van der Waals surface area contributed by atoms with Crippen LogP contribution < -0.4 is 10.1 Å². The molecule has 1 aliphatic carbocycles. The van der Waals surface area contributed by atoms with Crippen LogP contribution in [-0.2, 0) is 0 Å². The minimum atomic E-state index is 0.210. The Kier molecular flexibility index (Phi) is 4.21. The largest absolute Gasteiger partial charge is 0.489 e. The third-order valence-electron chi connectivity index (χ3n) is 2.86. The van der Waals surface area contributed by atoms with E-state index in [1.165, 1.54) is 12.8 Å². The molecule has 2 heteroatoms. The number of rotatable bonds is 6. The van der Waals surface area contributed by atoms with Crippen LogP contribution in [0.1, 0.15) is 32.3 Å². The van der Waals surface area contributed by atoms with E-state index in [-0.39, 0.29) is 6.10 Å². The van der Waals surface area contributed by atoms with Crippen molar-refractivity contribution in [3.8, 4) is 5.75 Å². The maximum absolute atomic E-state index is 5.96. The number of allylic oxidation sites excluding steroid dienone is 1. The van der Waals surface area contributed by atoms with Crippen LogP contribution in [0.5, 0.6) is 5.75 Å². The Morgan fingerprint density at radius 1 is 1.41 bits per heavy atom. The fourth-order valence-electron chi connectivity index (χ4n) is 1.78. The van der Waals surface area contributed by atoms with Gasteiger partial charge in [-0.25, -0.2) is 0 Å². The van der Waals surface area contributed by atoms with E-state index < -0.39 is 0 Å². The van der Waals surface area contributed by atoms with Gasteiger partial charge in [0, 0.05) is 18.2 Å². The Hall–Kier alpha value is -1.28. The van der Waals surface area contributed by atoms with E-state index >= 15 is 0 Å². The summed E-state index contributed by atoms with van der Waals surface area (Å²) in [5.41, 5.74) is 1.15. The summed E-state index contributed by atoms with van der Waals surface area (Å²) < 4.78 is 5.96. The maximum Gasteiger partial charge on any atom is 0.126 e. The van der Waals surface area contributed by atoms with Crippen LogP contribution in [0.2, 0.25) is 0 Å². The van der Waals surface area contributed by atoms with E-state index in [4.69, 9.17) is 4.74 Å². The lowest BCUT2D eigenvalue weighted by molar-refractivity contribution is 0.216. The Morgan fingerprint density at radius 3 is 2.88 bits per heavy atom. The van der Waals surface area contributed by atoms with Crippen molar-refractivity contribution in [3.63, 3.8) is 0 Å². The summed E-state index contributed by atoms with van der Waals surface area (Å²) in [5.74, 6) is 0.968. The molecule has 92 valence electrons. The van der Waals surface area contributed by atoms with Gasteiger partial charge in [-0.05, 0) is 32.8 Å². The summed E-state index contributed by atoms with van der Waals surface area (Å²) in [5, 5.41) is 3.49. The van der Waals surface area contributed by atoms with Gasteiger partial charge >= 0.3 is 0 Å². The normalized spacial score (nSPS) is 17.3. The topological polar surface area (TPSA) is 21.3 Å². The minimum Gasteiger partial charge on any atom is -0.489 e. The summed E-state index contributed by atoms with van der Waals surface area (Å²) in [4.78, 5) is 0. The van der Waals surface area contributed by atoms with Crippen molar-refractivity contribution in [2.24, 2.45) is 0 Å². The van der Waals surface area contributed by atoms with E-state index in [0.29, 0.717) is 0 Å². The van der Waals surface area contributed by atoms with Gasteiger partial charge in [0.05, 0.1) is 0 Å². The highest BCUT2D eigenvalue weighted by Crippen LogP contribution is 2.21. The van der Waals surface area contributed by atoms with Gasteiger partial charge in [0.2, 0.25) is 0 Å². The second-order valence-corrected chi connectivity index (χ2v) is 4.65. The van der Waals surface area contributed by atoms with E-state index in [1.807, 2.05) is 31.2 Å². The summed E-state index contributed by atoms with van der Waals surface area (Å²) in [6, 6.07) is 8.91. The van der Waals surface area contributed by atoms with Crippen molar-refractivity contribution in [1.82, 2.24) is 5.32 Å². The first-order valence-electron chi connectivity index (χ1n) is 6.41. The Labute approximate surface area is 104 Å². The van der Waals surface area contributed by atoms with E-state index in [9.17, 15) is 0 Å². The second-order valence-electron chi connectivity index (χ2n) is 4.65. The molecule has 17 heavy (non-hydrogen) atoms. The fourth-order valence-corrected chi connectivity index (χ4v) is 1.78. The Bertz CT molecular complexity index is 382. The molecule has 1 atom stereocenters. The quantitative estimate of drug-likeness (QED) is 0.811. The van der Waals surface area contributed by atoms with Gasteiger partial charge in [0.1, 0.15) is 11.9 Å². The lowest BCUT2D eigenvalue weighted by Crippen LogP contribution is -2.30. The molecule has 1 saturated carbocycles.